The average molecular weight is 540 g/mol. The number of hydrazone groups is 1. The highest BCUT2D eigenvalue weighted by molar-refractivity contribution is 9.10. The molecule has 9 heteroatoms. The van der Waals surface area contributed by atoms with Gasteiger partial charge in [-0.25, -0.2) is 5.43 Å². The van der Waals surface area contributed by atoms with E-state index in [-0.39, 0.29) is 23.6 Å². The van der Waals surface area contributed by atoms with Gasteiger partial charge in [-0.2, -0.15) is 5.10 Å². The fraction of sp³-hybridized carbons (Fsp3) is 0.231. The van der Waals surface area contributed by atoms with E-state index in [9.17, 15) is 14.9 Å². The van der Waals surface area contributed by atoms with Crippen molar-refractivity contribution in [2.24, 2.45) is 5.10 Å². The van der Waals surface area contributed by atoms with Crippen LogP contribution in [-0.2, 0) is 12.0 Å². The number of carbonyl (C=O) groups excluding carboxylic acids is 1. The van der Waals surface area contributed by atoms with E-state index in [2.05, 4.69) is 47.2 Å². The number of nitro benzene ring substituents is 1. The van der Waals surface area contributed by atoms with Crippen molar-refractivity contribution in [1.82, 2.24) is 5.43 Å². The van der Waals surface area contributed by atoms with E-state index in [0.29, 0.717) is 27.1 Å². The van der Waals surface area contributed by atoms with E-state index in [4.69, 9.17) is 9.47 Å². The molecule has 0 saturated carbocycles. The number of benzene rings is 3. The molecule has 0 fully saturated rings. The second kappa shape index (κ2) is 11.1. The van der Waals surface area contributed by atoms with Crippen LogP contribution in [0.25, 0.3) is 0 Å². The van der Waals surface area contributed by atoms with Crippen LogP contribution in [0, 0.1) is 10.1 Å². The molecule has 35 heavy (non-hydrogen) atoms. The lowest BCUT2D eigenvalue weighted by Crippen LogP contribution is -2.18. The minimum absolute atomic E-state index is 0.0112. The van der Waals surface area contributed by atoms with E-state index in [1.165, 1.54) is 25.5 Å². The summed E-state index contributed by atoms with van der Waals surface area (Å²) in [6, 6.07) is 17.1. The van der Waals surface area contributed by atoms with Crippen LogP contribution in [0.15, 0.2) is 70.2 Å². The number of nitrogens with zero attached hydrogens (tertiary/aromatic N) is 2. The molecule has 0 atom stereocenters. The van der Waals surface area contributed by atoms with Crippen LogP contribution in [0.5, 0.6) is 11.5 Å². The highest BCUT2D eigenvalue weighted by Crippen LogP contribution is 2.37. The van der Waals surface area contributed by atoms with Gasteiger partial charge in [-0.1, -0.05) is 32.9 Å². The van der Waals surface area contributed by atoms with E-state index < -0.39 is 4.92 Å². The van der Waals surface area contributed by atoms with Crippen molar-refractivity contribution in [2.45, 2.75) is 32.8 Å². The number of carbonyl (C=O) groups is 1. The van der Waals surface area contributed by atoms with Crippen LogP contribution in [0.4, 0.5) is 5.69 Å². The van der Waals surface area contributed by atoms with Crippen molar-refractivity contribution >= 4 is 33.7 Å². The quantitative estimate of drug-likeness (QED) is 0.214. The van der Waals surface area contributed by atoms with Gasteiger partial charge in [0.2, 0.25) is 0 Å². The molecule has 0 heterocycles. The molecule has 1 N–H and O–H groups in total. The number of nitro groups is 1. The fourth-order valence-corrected chi connectivity index (χ4v) is 3.75. The number of methoxy groups -OCH3 is 1. The molecule has 0 aromatic heterocycles. The van der Waals surface area contributed by atoms with Gasteiger partial charge in [-0.05, 0) is 74.4 Å². The van der Waals surface area contributed by atoms with Gasteiger partial charge in [-0.15, -0.1) is 0 Å². The van der Waals surface area contributed by atoms with Crippen molar-refractivity contribution in [3.63, 3.8) is 0 Å². The number of rotatable bonds is 8. The Morgan fingerprint density at radius 1 is 1.11 bits per heavy atom. The molecule has 3 rings (SSSR count). The van der Waals surface area contributed by atoms with Gasteiger partial charge in [0, 0.05) is 17.7 Å². The van der Waals surface area contributed by atoms with Crippen LogP contribution in [0.2, 0.25) is 0 Å². The van der Waals surface area contributed by atoms with Gasteiger partial charge in [0.1, 0.15) is 6.61 Å². The van der Waals surface area contributed by atoms with Crippen molar-refractivity contribution in [1.29, 1.82) is 0 Å². The van der Waals surface area contributed by atoms with E-state index in [0.717, 1.165) is 11.1 Å². The van der Waals surface area contributed by atoms with Gasteiger partial charge in [0.25, 0.3) is 11.6 Å². The SMILES string of the molecule is COc1cc(/C=N\NC(=O)c2ccc(C(C)(C)C)cc2)cc(Br)c1OCc1ccc([N+](=O)[O-])cc1. The lowest BCUT2D eigenvalue weighted by atomic mass is 9.87. The minimum Gasteiger partial charge on any atom is -0.493 e. The fourth-order valence-electron chi connectivity index (χ4n) is 3.18. The zero-order chi connectivity index (χ0) is 25.6. The van der Waals surface area contributed by atoms with Crippen LogP contribution < -0.4 is 14.9 Å². The number of hydrogen-bond acceptors (Lipinski definition) is 6. The number of ether oxygens (including phenoxy) is 2. The normalized spacial score (nSPS) is 11.3. The zero-order valence-electron chi connectivity index (χ0n) is 19.9. The summed E-state index contributed by atoms with van der Waals surface area (Å²) < 4.78 is 12.0. The molecule has 0 saturated heterocycles. The molecule has 3 aromatic rings. The molecular weight excluding hydrogens is 514 g/mol. The van der Waals surface area contributed by atoms with E-state index in [1.807, 2.05) is 12.1 Å². The smallest absolute Gasteiger partial charge is 0.271 e. The molecule has 3 aromatic carbocycles. The number of halogens is 1. The molecule has 182 valence electrons. The van der Waals surface area contributed by atoms with Crippen LogP contribution in [-0.4, -0.2) is 24.2 Å². The Balaban J connectivity index is 1.65. The largest absolute Gasteiger partial charge is 0.493 e. The summed E-state index contributed by atoms with van der Waals surface area (Å²) in [7, 11) is 1.52. The first-order valence-electron chi connectivity index (χ1n) is 10.8. The molecule has 0 unspecified atom stereocenters. The summed E-state index contributed by atoms with van der Waals surface area (Å²) in [5, 5.41) is 14.9. The predicted molar refractivity (Wildman–Crippen MR) is 138 cm³/mol. The van der Waals surface area contributed by atoms with E-state index >= 15 is 0 Å². The van der Waals surface area contributed by atoms with Gasteiger partial charge in [-0.3, -0.25) is 14.9 Å². The third-order valence-corrected chi connectivity index (χ3v) is 5.76. The summed E-state index contributed by atoms with van der Waals surface area (Å²) >= 11 is 3.48. The molecule has 0 radical (unpaired) electrons. The number of hydrogen-bond donors (Lipinski definition) is 1. The van der Waals surface area contributed by atoms with Crippen molar-refractivity contribution < 1.29 is 19.2 Å². The first-order valence-corrected chi connectivity index (χ1v) is 11.6. The second-order valence-corrected chi connectivity index (χ2v) is 9.63. The van der Waals surface area contributed by atoms with Crippen molar-refractivity contribution in [2.75, 3.05) is 7.11 Å². The highest BCUT2D eigenvalue weighted by Gasteiger charge is 2.15. The summed E-state index contributed by atoms with van der Waals surface area (Å²) in [6.45, 7) is 6.55. The standard InChI is InChI=1S/C26H26BrN3O5/c1-26(2,3)20-9-7-19(8-10-20)25(31)29-28-15-18-13-22(27)24(23(14-18)34-4)35-16-17-5-11-21(12-6-17)30(32)33/h5-15H,16H2,1-4H3,(H,29,31)/b28-15-. The summed E-state index contributed by atoms with van der Waals surface area (Å²) in [5.41, 5.74) is 5.67. The lowest BCUT2D eigenvalue weighted by Gasteiger charge is -2.18. The summed E-state index contributed by atoms with van der Waals surface area (Å²) in [4.78, 5) is 22.8. The predicted octanol–water partition coefficient (Wildman–Crippen LogP) is 6.01. The molecule has 0 spiro atoms. The Kier molecular flexibility index (Phi) is 8.24. The minimum atomic E-state index is -0.449. The maximum Gasteiger partial charge on any atom is 0.271 e. The monoisotopic (exact) mass is 539 g/mol. The lowest BCUT2D eigenvalue weighted by molar-refractivity contribution is -0.384. The molecule has 8 nitrogen and oxygen atoms in total. The Labute approximate surface area is 212 Å². The molecule has 0 aliphatic rings. The van der Waals surface area contributed by atoms with Crippen molar-refractivity contribution in [3.05, 3.63) is 97.5 Å². The van der Waals surface area contributed by atoms with Gasteiger partial charge >= 0.3 is 0 Å². The summed E-state index contributed by atoms with van der Waals surface area (Å²) in [5.74, 6) is 0.633. The van der Waals surface area contributed by atoms with Crippen LogP contribution in [0.1, 0.15) is 47.8 Å². The number of non-ortho nitro benzene ring substituents is 1. The molecular formula is C26H26BrN3O5. The molecule has 0 aliphatic heterocycles. The van der Waals surface area contributed by atoms with Crippen molar-refractivity contribution in [3.8, 4) is 11.5 Å². The highest BCUT2D eigenvalue weighted by atomic mass is 79.9. The maximum atomic E-state index is 12.4. The molecule has 0 bridgehead atoms. The first kappa shape index (κ1) is 25.9. The Bertz CT molecular complexity index is 1230. The number of amides is 1. The Hall–Kier alpha value is -3.72. The average Bonchev–Trinajstić information content (AvgIpc) is 2.82. The van der Waals surface area contributed by atoms with Gasteiger partial charge in [0.15, 0.2) is 11.5 Å². The topological polar surface area (TPSA) is 103 Å². The third-order valence-electron chi connectivity index (χ3n) is 5.17. The van der Waals surface area contributed by atoms with Crippen LogP contribution in [0.3, 0.4) is 0 Å². The Morgan fingerprint density at radius 3 is 2.34 bits per heavy atom. The second-order valence-electron chi connectivity index (χ2n) is 8.77. The summed E-state index contributed by atoms with van der Waals surface area (Å²) in [6.07, 6.45) is 1.51. The molecule has 0 aliphatic carbocycles. The third kappa shape index (κ3) is 6.89. The van der Waals surface area contributed by atoms with E-state index in [1.54, 1.807) is 36.4 Å². The van der Waals surface area contributed by atoms with Gasteiger partial charge < -0.3 is 9.47 Å². The first-order chi connectivity index (χ1) is 16.6. The Morgan fingerprint density at radius 2 is 1.77 bits per heavy atom. The molecule has 1 amide bonds. The zero-order valence-corrected chi connectivity index (χ0v) is 21.5. The van der Waals surface area contributed by atoms with Crippen LogP contribution >= 0.6 is 15.9 Å². The number of nitrogens with one attached hydrogen (secondary N) is 1. The van der Waals surface area contributed by atoms with Gasteiger partial charge in [0.05, 0.1) is 22.7 Å². The maximum absolute atomic E-state index is 12.4.